The third-order valence-electron chi connectivity index (χ3n) is 6.54. The van der Waals surface area contributed by atoms with Crippen molar-refractivity contribution in [3.63, 3.8) is 0 Å². The van der Waals surface area contributed by atoms with E-state index in [1.807, 2.05) is 32.9 Å². The van der Waals surface area contributed by atoms with E-state index in [1.165, 1.54) is 17.9 Å². The molecule has 4 atom stereocenters. The highest BCUT2D eigenvalue weighted by atomic mass is 16.6. The Hall–Kier alpha value is -2.15. The fourth-order valence-electron chi connectivity index (χ4n) is 4.81. The molecule has 6 nitrogen and oxygen atoms in total. The normalized spacial score (nSPS) is 27.1. The van der Waals surface area contributed by atoms with Gasteiger partial charge in [0.05, 0.1) is 19.0 Å². The van der Waals surface area contributed by atoms with Crippen LogP contribution in [0.15, 0.2) is 46.1 Å². The van der Waals surface area contributed by atoms with Crippen molar-refractivity contribution in [2.45, 2.75) is 78.4 Å². The summed E-state index contributed by atoms with van der Waals surface area (Å²) in [5.74, 6) is 0.730. The molecule has 0 fully saturated rings. The minimum absolute atomic E-state index is 0.142. The van der Waals surface area contributed by atoms with Crippen molar-refractivity contribution in [1.29, 1.82) is 0 Å². The van der Waals surface area contributed by atoms with Gasteiger partial charge in [-0.1, -0.05) is 24.1 Å². The highest BCUT2D eigenvalue weighted by Gasteiger charge is 2.54. The van der Waals surface area contributed by atoms with Gasteiger partial charge in [0.2, 0.25) is 0 Å². The van der Waals surface area contributed by atoms with Crippen LogP contribution < -0.4 is 0 Å². The molecule has 6 heteroatoms. The molecule has 0 aromatic carbocycles. The van der Waals surface area contributed by atoms with Gasteiger partial charge in [0.25, 0.3) is 0 Å². The zero-order chi connectivity index (χ0) is 24.8. The van der Waals surface area contributed by atoms with Crippen LogP contribution >= 0.6 is 0 Å². The summed E-state index contributed by atoms with van der Waals surface area (Å²) in [7, 11) is 3.21. The number of carbonyl (C=O) groups excluding carboxylic acids is 1. The number of hydrogen-bond acceptors (Lipinski definition) is 6. The summed E-state index contributed by atoms with van der Waals surface area (Å²) < 4.78 is 23.3. The summed E-state index contributed by atoms with van der Waals surface area (Å²) in [5, 5.41) is 10.5. The molecule has 0 saturated heterocycles. The van der Waals surface area contributed by atoms with Crippen LogP contribution in [0.3, 0.4) is 0 Å². The van der Waals surface area contributed by atoms with Gasteiger partial charge in [-0.05, 0) is 71.4 Å². The molecule has 0 radical (unpaired) electrons. The zero-order valence-corrected chi connectivity index (χ0v) is 21.4. The SMILES string of the molecule is CO[C@H]1C[C@](C)(CCC=C(C)C)[C@@H](C=COC(=O)C=C(C)C)c2cc(C)oc2[C@@]1(CO)OC. The van der Waals surface area contributed by atoms with E-state index in [0.29, 0.717) is 12.2 Å². The maximum absolute atomic E-state index is 12.1. The van der Waals surface area contributed by atoms with Gasteiger partial charge < -0.3 is 23.7 Å². The molecule has 1 aromatic heterocycles. The molecule has 0 spiro atoms. The predicted molar refractivity (Wildman–Crippen MR) is 129 cm³/mol. The Bertz CT molecular complexity index is 894. The average molecular weight is 461 g/mol. The van der Waals surface area contributed by atoms with E-state index in [-0.39, 0.29) is 17.9 Å². The topological polar surface area (TPSA) is 78.1 Å². The van der Waals surface area contributed by atoms with E-state index in [1.54, 1.807) is 14.2 Å². The summed E-state index contributed by atoms with van der Waals surface area (Å²) in [6, 6.07) is 1.99. The second kappa shape index (κ2) is 11.3. The quantitative estimate of drug-likeness (QED) is 0.167. The third-order valence-corrected chi connectivity index (χ3v) is 6.54. The van der Waals surface area contributed by atoms with E-state index in [4.69, 9.17) is 18.6 Å². The molecule has 1 aliphatic rings. The van der Waals surface area contributed by atoms with Crippen molar-refractivity contribution in [1.82, 2.24) is 0 Å². The second-order valence-corrected chi connectivity index (χ2v) is 9.76. The number of aliphatic hydroxyl groups excluding tert-OH is 1. The van der Waals surface area contributed by atoms with E-state index in [9.17, 15) is 9.90 Å². The van der Waals surface area contributed by atoms with E-state index in [2.05, 4.69) is 26.8 Å². The molecular weight excluding hydrogens is 420 g/mol. The van der Waals surface area contributed by atoms with Gasteiger partial charge in [-0.3, -0.25) is 0 Å². The van der Waals surface area contributed by atoms with Crippen molar-refractivity contribution >= 4 is 5.97 Å². The molecule has 33 heavy (non-hydrogen) atoms. The molecule has 0 amide bonds. The van der Waals surface area contributed by atoms with Crippen LogP contribution in [0.2, 0.25) is 0 Å². The first-order valence-electron chi connectivity index (χ1n) is 11.5. The van der Waals surface area contributed by atoms with Crippen LogP contribution in [0.5, 0.6) is 0 Å². The van der Waals surface area contributed by atoms with Crippen molar-refractivity contribution < 1.29 is 28.5 Å². The number of carbonyl (C=O) groups is 1. The Balaban J connectivity index is 2.62. The molecule has 1 N–H and O–H groups in total. The minimum atomic E-state index is -1.13. The van der Waals surface area contributed by atoms with Gasteiger partial charge >= 0.3 is 5.97 Å². The number of methoxy groups -OCH3 is 2. The lowest BCUT2D eigenvalue weighted by Crippen LogP contribution is -2.46. The molecule has 184 valence electrons. The number of allylic oxidation sites excluding steroid dienone is 4. The summed E-state index contributed by atoms with van der Waals surface area (Å²) in [6.45, 7) is 11.7. The molecule has 0 unspecified atom stereocenters. The molecule has 1 aromatic rings. The van der Waals surface area contributed by atoms with Gasteiger partial charge in [-0.25, -0.2) is 4.79 Å². The van der Waals surface area contributed by atoms with Crippen LogP contribution in [-0.4, -0.2) is 38.0 Å². The summed E-state index contributed by atoms with van der Waals surface area (Å²) in [6.07, 6.45) is 9.02. The number of hydrogen-bond donors (Lipinski definition) is 1. The Morgan fingerprint density at radius 3 is 2.48 bits per heavy atom. The fraction of sp³-hybridized carbons (Fsp3) is 0.593. The molecule has 0 bridgehead atoms. The van der Waals surface area contributed by atoms with Crippen LogP contribution in [-0.2, 0) is 24.6 Å². The van der Waals surface area contributed by atoms with E-state index >= 15 is 0 Å². The van der Waals surface area contributed by atoms with Gasteiger partial charge in [0.1, 0.15) is 11.5 Å². The second-order valence-electron chi connectivity index (χ2n) is 9.76. The standard InChI is InChI=1S/C27H40O6/c1-18(2)10-9-12-26(6)16-23(30-7)27(17-28,31-8)25-21(15-20(5)33-25)22(26)11-13-32-24(29)14-19(3)4/h10-11,13-15,22-23,28H,9,12,16-17H2,1-8H3/t22-,23-,26-,27-/m0/s1. The maximum Gasteiger partial charge on any atom is 0.335 e. The van der Waals surface area contributed by atoms with E-state index < -0.39 is 17.7 Å². The first kappa shape index (κ1) is 27.1. The Morgan fingerprint density at radius 2 is 1.94 bits per heavy atom. The lowest BCUT2D eigenvalue weighted by molar-refractivity contribution is -0.165. The van der Waals surface area contributed by atoms with Gasteiger partial charge in [-0.2, -0.15) is 0 Å². The van der Waals surface area contributed by atoms with Crippen LogP contribution in [0.25, 0.3) is 0 Å². The summed E-state index contributed by atoms with van der Waals surface area (Å²) in [5.41, 5.74) is 1.64. The fourth-order valence-corrected chi connectivity index (χ4v) is 4.81. The number of aryl methyl sites for hydroxylation is 1. The molecule has 0 saturated carbocycles. The first-order valence-corrected chi connectivity index (χ1v) is 11.5. The van der Waals surface area contributed by atoms with Gasteiger partial charge in [0.15, 0.2) is 5.60 Å². The molecule has 1 heterocycles. The van der Waals surface area contributed by atoms with Crippen LogP contribution in [0.1, 0.15) is 76.9 Å². The van der Waals surface area contributed by atoms with Crippen molar-refractivity contribution in [2.75, 3.05) is 20.8 Å². The zero-order valence-electron chi connectivity index (χ0n) is 21.4. The number of rotatable bonds is 9. The highest BCUT2D eigenvalue weighted by molar-refractivity contribution is 5.83. The Kier molecular flexibility index (Phi) is 9.29. The van der Waals surface area contributed by atoms with E-state index in [0.717, 1.165) is 29.7 Å². The smallest absolute Gasteiger partial charge is 0.335 e. The van der Waals surface area contributed by atoms with Crippen molar-refractivity contribution in [2.24, 2.45) is 5.41 Å². The van der Waals surface area contributed by atoms with Gasteiger partial charge in [-0.15, -0.1) is 0 Å². The monoisotopic (exact) mass is 460 g/mol. The number of aliphatic hydroxyl groups is 1. The highest BCUT2D eigenvalue weighted by Crippen LogP contribution is 2.54. The maximum atomic E-state index is 12.1. The van der Waals surface area contributed by atoms with Crippen LogP contribution in [0.4, 0.5) is 0 Å². The average Bonchev–Trinajstić information content (AvgIpc) is 3.09. The number of furan rings is 1. The minimum Gasteiger partial charge on any atom is -0.463 e. The van der Waals surface area contributed by atoms with Crippen LogP contribution in [0, 0.1) is 12.3 Å². The lowest BCUT2D eigenvalue weighted by atomic mass is 9.68. The first-order chi connectivity index (χ1) is 15.5. The van der Waals surface area contributed by atoms with Crippen molar-refractivity contribution in [3.05, 3.63) is 58.8 Å². The molecule has 0 aliphatic heterocycles. The number of fused-ring (bicyclic) bond motifs is 1. The van der Waals surface area contributed by atoms with Crippen molar-refractivity contribution in [3.8, 4) is 0 Å². The van der Waals surface area contributed by atoms with Gasteiger partial charge in [0, 0.05) is 31.8 Å². The molecule has 2 rings (SSSR count). The largest absolute Gasteiger partial charge is 0.463 e. The summed E-state index contributed by atoms with van der Waals surface area (Å²) in [4.78, 5) is 12.1. The Morgan fingerprint density at radius 1 is 1.24 bits per heavy atom. The lowest BCUT2D eigenvalue weighted by Gasteiger charge is -2.39. The third kappa shape index (κ3) is 6.05. The predicted octanol–water partition coefficient (Wildman–Crippen LogP) is 5.70. The molecular formula is C27H40O6. The Labute approximate surface area is 198 Å². The number of ether oxygens (including phenoxy) is 3. The number of esters is 1. The summed E-state index contributed by atoms with van der Waals surface area (Å²) >= 11 is 0. The molecule has 1 aliphatic carbocycles.